The van der Waals surface area contributed by atoms with E-state index in [-0.39, 0.29) is 31.0 Å². The average molecular weight is 1270 g/mol. The number of carbonyl (C=O) groups is 5. The molecule has 91 heavy (non-hydrogen) atoms. The van der Waals surface area contributed by atoms with Crippen LogP contribution >= 0.6 is 0 Å². The summed E-state index contributed by atoms with van der Waals surface area (Å²) < 4.78 is 24.5. The molecule has 0 aliphatic heterocycles. The van der Waals surface area contributed by atoms with Gasteiger partial charge in [-0.2, -0.15) is 0 Å². The van der Waals surface area contributed by atoms with E-state index in [2.05, 4.69) is 0 Å². The van der Waals surface area contributed by atoms with E-state index < -0.39 is 195 Å². The van der Waals surface area contributed by atoms with Crippen LogP contribution in [-0.2, 0) is 23.7 Å². The van der Waals surface area contributed by atoms with Gasteiger partial charge in [-0.05, 0) is 80.5 Å². The van der Waals surface area contributed by atoms with Crippen LogP contribution in [0.2, 0.25) is 0 Å². The van der Waals surface area contributed by atoms with Gasteiger partial charge in [0.25, 0.3) is 45.5 Å². The van der Waals surface area contributed by atoms with Gasteiger partial charge in [-0.15, -0.1) is 0 Å². The van der Waals surface area contributed by atoms with E-state index in [1.807, 2.05) is 34.6 Å². The molecule has 3 fully saturated rings. The first-order chi connectivity index (χ1) is 42.3. The van der Waals surface area contributed by atoms with E-state index in [0.29, 0.717) is 97.5 Å². The normalized spacial score (nSPS) is 23.3. The summed E-state index contributed by atoms with van der Waals surface area (Å²) in [5.74, 6) is -7.93. The molecular weight excluding hydrogens is 1210 g/mol. The molecule has 4 aromatic carbocycles. The fourth-order valence-electron chi connectivity index (χ4n) is 14.8. The Balaban J connectivity index is 1.32. The van der Waals surface area contributed by atoms with Crippen LogP contribution in [0.4, 0.5) is 45.5 Å². The minimum Gasteiger partial charge on any atom is -0.458 e. The zero-order valence-electron chi connectivity index (χ0n) is 49.8. The molecule has 0 radical (unpaired) electrons. The summed E-state index contributed by atoms with van der Waals surface area (Å²) in [6, 6.07) is 7.51. The van der Waals surface area contributed by atoms with Gasteiger partial charge in [0.05, 0.1) is 74.3 Å². The molecule has 0 unspecified atom stereocenters. The number of benzene rings is 4. The molecule has 4 aliphatic rings. The number of hydrogen-bond donors (Lipinski definition) is 0. The molecule has 3 saturated carbocycles. The maximum Gasteiger partial charge on any atom is 0.346 e. The maximum absolute atomic E-state index is 14.7. The molecule has 8 rings (SSSR count). The Kier molecular flexibility index (Phi) is 17.5. The average Bonchev–Trinajstić information content (AvgIpc) is 1.67. The minimum absolute atomic E-state index is 0.0215. The Morgan fingerprint density at radius 1 is 0.560 bits per heavy atom. The number of Topliss-reactive ketones (excluding diaryl/α,β-unsaturated/α-hetero) is 1. The summed E-state index contributed by atoms with van der Waals surface area (Å²) in [5.41, 5.74) is -15.4. The van der Waals surface area contributed by atoms with Gasteiger partial charge < -0.3 is 18.9 Å². The van der Waals surface area contributed by atoms with Crippen molar-refractivity contribution in [3.8, 4) is 0 Å². The van der Waals surface area contributed by atoms with Crippen LogP contribution < -0.4 is 0 Å². The standard InChI is InChI=1S/C58H58N8O25/c1-29(40-11-15-57(7)42(40)28-44(88-50(68)30-18-34(60(74)75)24-35(19-30)61(76)77)48-56(6)14-13-47(67)54(2,3)46(56)12-16-58(48,57)8)17-45(89-51(69)31-20-36(62(78)79)25-37(21-31)63(80)81)49(90-52(70)32-22-38(64(82)83)26-39(23-32)65(84)85)55(4,5)91-53(71)41-27-33(59(72)73)9-10-43(41)66(86)87/h9-10,18-27,29,44-46,48-49H,11-17,28H2,1-8H3/t29-,44+,45+,46+,48+,49-,56+,57+,58+/m1/s1. The Hall–Kier alpha value is -10.6. The highest BCUT2D eigenvalue weighted by molar-refractivity contribution is 5.96. The number of nitro groups is 8. The van der Waals surface area contributed by atoms with E-state index in [4.69, 9.17) is 18.9 Å². The zero-order chi connectivity index (χ0) is 67.5. The van der Waals surface area contributed by atoms with Gasteiger partial charge >= 0.3 is 23.9 Å². The lowest BCUT2D eigenvalue weighted by Gasteiger charge is -2.69. The van der Waals surface area contributed by atoms with Crippen LogP contribution in [0.15, 0.2) is 83.9 Å². The Labute approximate surface area is 513 Å². The van der Waals surface area contributed by atoms with Crippen molar-refractivity contribution in [3.05, 3.63) is 187 Å². The van der Waals surface area contributed by atoms with Gasteiger partial charge in [0.15, 0.2) is 6.10 Å². The van der Waals surface area contributed by atoms with Crippen molar-refractivity contribution in [1.82, 2.24) is 0 Å². The van der Waals surface area contributed by atoms with Crippen LogP contribution in [0, 0.1) is 120 Å². The molecule has 0 aromatic heterocycles. The van der Waals surface area contributed by atoms with Gasteiger partial charge in [-0.25, -0.2) is 19.2 Å². The van der Waals surface area contributed by atoms with Crippen molar-refractivity contribution in [2.24, 2.45) is 39.4 Å². The second-order valence-electron chi connectivity index (χ2n) is 25.0. The molecule has 0 N–H and O–H groups in total. The van der Waals surface area contributed by atoms with Crippen molar-refractivity contribution in [2.45, 2.75) is 131 Å². The maximum atomic E-state index is 14.7. The first-order valence-electron chi connectivity index (χ1n) is 28.1. The van der Waals surface area contributed by atoms with Gasteiger partial charge in [0.1, 0.15) is 29.2 Å². The van der Waals surface area contributed by atoms with Crippen LogP contribution in [0.25, 0.3) is 0 Å². The second kappa shape index (κ2) is 24.1. The van der Waals surface area contributed by atoms with E-state index in [9.17, 15) is 105 Å². The molecule has 33 nitrogen and oxygen atoms in total. The molecule has 0 saturated heterocycles. The number of non-ortho nitro benzene ring substituents is 7. The predicted octanol–water partition coefficient (Wildman–Crippen LogP) is 11.5. The topological polar surface area (TPSA) is 467 Å². The number of rotatable bonds is 21. The van der Waals surface area contributed by atoms with Crippen molar-refractivity contribution in [3.63, 3.8) is 0 Å². The fraction of sp³-hybridized carbons (Fsp3) is 0.466. The number of ether oxygens (including phenoxy) is 4. The number of nitro benzene ring substituents is 8. The number of carbonyl (C=O) groups excluding carboxylic acids is 5. The first kappa shape index (κ1) is 66.3. The Morgan fingerprint density at radius 3 is 1.46 bits per heavy atom. The smallest absolute Gasteiger partial charge is 0.346 e. The van der Waals surface area contributed by atoms with Gasteiger partial charge in [0.2, 0.25) is 0 Å². The van der Waals surface area contributed by atoms with Crippen LogP contribution in [0.5, 0.6) is 0 Å². The number of allylic oxidation sites excluding steroid dienone is 1. The minimum atomic E-state index is -2.55. The first-order valence-corrected chi connectivity index (χ1v) is 28.1. The van der Waals surface area contributed by atoms with Crippen molar-refractivity contribution >= 4 is 75.2 Å². The van der Waals surface area contributed by atoms with Crippen LogP contribution in [-0.4, -0.2) is 93.0 Å². The summed E-state index contributed by atoms with van der Waals surface area (Å²) in [7, 11) is 0. The van der Waals surface area contributed by atoms with Crippen molar-refractivity contribution in [2.75, 3.05) is 0 Å². The van der Waals surface area contributed by atoms with Crippen LogP contribution in [0.1, 0.15) is 148 Å². The highest BCUT2D eigenvalue weighted by Crippen LogP contribution is 2.75. The molecular formula is C58H58N8O25. The quantitative estimate of drug-likeness (QED) is 0.0246. The molecule has 4 aromatic rings. The number of nitrogens with zero attached hydrogens (tertiary/aromatic N) is 8. The highest BCUT2D eigenvalue weighted by atomic mass is 16.7. The molecule has 9 atom stereocenters. The second-order valence-corrected chi connectivity index (χ2v) is 25.0. The zero-order valence-corrected chi connectivity index (χ0v) is 49.8. The largest absolute Gasteiger partial charge is 0.458 e. The number of fused-ring (bicyclic) bond motifs is 5. The molecule has 0 spiro atoms. The van der Waals surface area contributed by atoms with Crippen LogP contribution in [0.3, 0.4) is 0 Å². The third-order valence-electron chi connectivity index (χ3n) is 19.2. The van der Waals surface area contributed by atoms with E-state index in [1.165, 1.54) is 0 Å². The molecule has 0 heterocycles. The summed E-state index contributed by atoms with van der Waals surface area (Å²) >= 11 is 0. The summed E-state index contributed by atoms with van der Waals surface area (Å²) in [6.45, 7) is 13.4. The van der Waals surface area contributed by atoms with E-state index in [1.54, 1.807) is 6.92 Å². The number of hydrogen-bond acceptors (Lipinski definition) is 25. The molecule has 4 aliphatic carbocycles. The van der Waals surface area contributed by atoms with Gasteiger partial charge in [-0.3, -0.25) is 85.7 Å². The third-order valence-corrected chi connectivity index (χ3v) is 19.2. The lowest BCUT2D eigenvalue weighted by atomic mass is 9.36. The van der Waals surface area contributed by atoms with Crippen molar-refractivity contribution < 1.29 is 82.3 Å². The Bertz CT molecular complexity index is 3820. The number of esters is 4. The molecule has 0 bridgehead atoms. The highest BCUT2D eigenvalue weighted by Gasteiger charge is 2.70. The lowest BCUT2D eigenvalue weighted by molar-refractivity contribution is -0.394. The van der Waals surface area contributed by atoms with Gasteiger partial charge in [0, 0.05) is 78.8 Å². The van der Waals surface area contributed by atoms with E-state index in [0.717, 1.165) is 26.0 Å². The molecule has 0 amide bonds. The predicted molar refractivity (Wildman–Crippen MR) is 309 cm³/mol. The summed E-state index contributed by atoms with van der Waals surface area (Å²) in [6.07, 6.45) is -4.21. The lowest BCUT2D eigenvalue weighted by Crippen LogP contribution is -2.66. The SMILES string of the molecule is C[C@H](C[C@H](OC(=O)c1cc([N+](=O)[O-])cc([N+](=O)[O-])c1)[C@@H](OC(=O)c1cc([N+](=O)[O-])cc([N+](=O)[O-])c1)C(C)(C)OC(=O)c1cc([N+](=O)[O-])ccc1[N+](=O)[O-])C1=C2C[C@H](OC(=O)c3cc([N+](=O)[O-])cc([N+](=O)[O-])c3)[C@H]3[C@@]4(C)CCC(=O)C(C)(C)[C@@H]4CC[C@]3(C)[C@@]2(C)CC1. The molecule has 33 heteroatoms. The number of ketones is 1. The Morgan fingerprint density at radius 2 is 1.01 bits per heavy atom. The monoisotopic (exact) mass is 1270 g/mol. The van der Waals surface area contributed by atoms with Gasteiger partial charge in [-0.1, -0.05) is 52.7 Å². The fourth-order valence-corrected chi connectivity index (χ4v) is 14.8. The molecule has 480 valence electrons. The summed E-state index contributed by atoms with van der Waals surface area (Å²) in [4.78, 5) is 160. The van der Waals surface area contributed by atoms with E-state index >= 15 is 0 Å². The van der Waals surface area contributed by atoms with Crippen molar-refractivity contribution in [1.29, 1.82) is 0 Å². The summed E-state index contributed by atoms with van der Waals surface area (Å²) in [5, 5.41) is 96.6. The third kappa shape index (κ3) is 12.3.